The number of carbonyl (C=O) groups is 2. The van der Waals surface area contributed by atoms with Gasteiger partial charge in [-0.1, -0.05) is 0 Å². The van der Waals surface area contributed by atoms with Crippen molar-refractivity contribution in [3.05, 3.63) is 24.3 Å². The standard InChI is InChI=1S/C26H36F2O6/c1-17(27)25(29)33-23-7-3-19(4-8-23)15-31-21-11-13-22(14-12-21)32-16-20-5-9-24(10-6-20)34-26(30)18(2)28/h11-14,17-20,23-24H,3-10,15-16H2,1-2H3/t17-,18-,19?,20?,23?,24?/m0/s1. The Balaban J connectivity index is 1.30. The minimum atomic E-state index is -1.58. The van der Waals surface area contributed by atoms with Gasteiger partial charge in [0.25, 0.3) is 0 Å². The molecule has 6 nitrogen and oxygen atoms in total. The summed E-state index contributed by atoms with van der Waals surface area (Å²) in [5, 5.41) is 0. The fraction of sp³-hybridized carbons (Fsp3) is 0.692. The van der Waals surface area contributed by atoms with Crippen molar-refractivity contribution in [2.75, 3.05) is 13.2 Å². The second-order valence-corrected chi connectivity index (χ2v) is 9.48. The molecule has 0 aromatic heterocycles. The van der Waals surface area contributed by atoms with Crippen LogP contribution >= 0.6 is 0 Å². The SMILES string of the molecule is C[C@H](F)C(=O)OC1CCC(COc2ccc(OCC3CCC(OC(=O)[C@H](C)F)CC3)cc2)CC1. The fourth-order valence-corrected chi connectivity index (χ4v) is 4.41. The first kappa shape index (κ1) is 26.2. The van der Waals surface area contributed by atoms with E-state index in [4.69, 9.17) is 18.9 Å². The second-order valence-electron chi connectivity index (χ2n) is 9.48. The molecule has 0 amide bonds. The molecule has 2 saturated carbocycles. The van der Waals surface area contributed by atoms with Gasteiger partial charge in [-0.2, -0.15) is 0 Å². The number of halogens is 2. The van der Waals surface area contributed by atoms with E-state index in [1.807, 2.05) is 24.3 Å². The largest absolute Gasteiger partial charge is 0.493 e. The van der Waals surface area contributed by atoms with Crippen molar-refractivity contribution >= 4 is 11.9 Å². The van der Waals surface area contributed by atoms with Crippen molar-refractivity contribution in [2.45, 2.75) is 89.8 Å². The lowest BCUT2D eigenvalue weighted by atomic mass is 9.88. The van der Waals surface area contributed by atoms with Gasteiger partial charge in [-0.3, -0.25) is 0 Å². The van der Waals surface area contributed by atoms with E-state index >= 15 is 0 Å². The third-order valence-electron chi connectivity index (χ3n) is 6.60. The van der Waals surface area contributed by atoms with Gasteiger partial charge in [0.05, 0.1) is 13.2 Å². The minimum absolute atomic E-state index is 0.192. The summed E-state index contributed by atoms with van der Waals surface area (Å²) in [4.78, 5) is 22.8. The molecular weight excluding hydrogens is 446 g/mol. The Morgan fingerprint density at radius 2 is 1.03 bits per heavy atom. The van der Waals surface area contributed by atoms with Crippen LogP contribution in [0.4, 0.5) is 8.78 Å². The van der Waals surface area contributed by atoms with Crippen LogP contribution < -0.4 is 9.47 Å². The Hall–Kier alpha value is -2.38. The predicted octanol–water partition coefficient (Wildman–Crippen LogP) is 5.36. The van der Waals surface area contributed by atoms with Crippen molar-refractivity contribution in [1.82, 2.24) is 0 Å². The van der Waals surface area contributed by atoms with E-state index in [9.17, 15) is 18.4 Å². The maximum Gasteiger partial charge on any atom is 0.340 e. The summed E-state index contributed by atoms with van der Waals surface area (Å²) in [5.74, 6) is 0.771. The summed E-state index contributed by atoms with van der Waals surface area (Å²) in [6.07, 6.45) is 2.93. The van der Waals surface area contributed by atoms with Gasteiger partial charge in [-0.15, -0.1) is 0 Å². The van der Waals surface area contributed by atoms with E-state index in [0.717, 1.165) is 62.9 Å². The number of alkyl halides is 2. The summed E-state index contributed by atoms with van der Waals surface area (Å²) in [6.45, 7) is 3.58. The third kappa shape index (κ3) is 8.44. The molecule has 0 aliphatic heterocycles. The van der Waals surface area contributed by atoms with Gasteiger partial charge < -0.3 is 18.9 Å². The zero-order valence-corrected chi connectivity index (χ0v) is 20.0. The van der Waals surface area contributed by atoms with Crippen molar-refractivity contribution in [1.29, 1.82) is 0 Å². The maximum absolute atomic E-state index is 13.0. The van der Waals surface area contributed by atoms with Crippen LogP contribution in [0.2, 0.25) is 0 Å². The molecule has 0 radical (unpaired) electrons. The lowest BCUT2D eigenvalue weighted by Crippen LogP contribution is -2.29. The lowest BCUT2D eigenvalue weighted by Gasteiger charge is -2.28. The molecule has 0 heterocycles. The van der Waals surface area contributed by atoms with Crippen LogP contribution in [0, 0.1) is 11.8 Å². The van der Waals surface area contributed by atoms with E-state index < -0.39 is 24.3 Å². The molecule has 2 aliphatic rings. The minimum Gasteiger partial charge on any atom is -0.493 e. The van der Waals surface area contributed by atoms with Gasteiger partial charge >= 0.3 is 11.9 Å². The first-order valence-corrected chi connectivity index (χ1v) is 12.3. The molecule has 0 spiro atoms. The molecule has 3 rings (SSSR count). The highest BCUT2D eigenvalue weighted by Crippen LogP contribution is 2.29. The average molecular weight is 483 g/mol. The number of carbonyl (C=O) groups excluding carboxylic acids is 2. The number of rotatable bonds is 10. The molecule has 8 heteroatoms. The molecule has 0 saturated heterocycles. The smallest absolute Gasteiger partial charge is 0.340 e. The van der Waals surface area contributed by atoms with Crippen molar-refractivity contribution in [3.63, 3.8) is 0 Å². The topological polar surface area (TPSA) is 71.1 Å². The van der Waals surface area contributed by atoms with E-state index in [1.165, 1.54) is 13.8 Å². The Morgan fingerprint density at radius 3 is 1.32 bits per heavy atom. The molecule has 1 aromatic rings. The van der Waals surface area contributed by atoms with E-state index in [1.54, 1.807) is 0 Å². The average Bonchev–Trinajstić information content (AvgIpc) is 2.83. The van der Waals surface area contributed by atoms with Gasteiger partial charge in [0.15, 0.2) is 12.3 Å². The molecule has 190 valence electrons. The number of benzene rings is 1. The van der Waals surface area contributed by atoms with E-state index in [-0.39, 0.29) is 12.2 Å². The first-order chi connectivity index (χ1) is 16.3. The van der Waals surface area contributed by atoms with Crippen LogP contribution in [-0.4, -0.2) is 49.7 Å². The van der Waals surface area contributed by atoms with Crippen LogP contribution in [0.1, 0.15) is 65.2 Å². The van der Waals surface area contributed by atoms with Crippen LogP contribution in [0.25, 0.3) is 0 Å². The molecule has 2 fully saturated rings. The van der Waals surface area contributed by atoms with Crippen molar-refractivity contribution in [2.24, 2.45) is 11.8 Å². The van der Waals surface area contributed by atoms with E-state index in [0.29, 0.717) is 25.0 Å². The van der Waals surface area contributed by atoms with Gasteiger partial charge in [-0.05, 0) is 101 Å². The number of hydrogen-bond acceptors (Lipinski definition) is 6. The zero-order chi connectivity index (χ0) is 24.5. The molecule has 2 atom stereocenters. The van der Waals surface area contributed by atoms with Crippen molar-refractivity contribution in [3.8, 4) is 11.5 Å². The van der Waals surface area contributed by atoms with Gasteiger partial charge in [0.2, 0.25) is 0 Å². The predicted molar refractivity (Wildman–Crippen MR) is 122 cm³/mol. The van der Waals surface area contributed by atoms with Crippen LogP contribution in [0.3, 0.4) is 0 Å². The summed E-state index contributed by atoms with van der Waals surface area (Å²) >= 11 is 0. The van der Waals surface area contributed by atoms with Gasteiger partial charge in [-0.25, -0.2) is 18.4 Å². The Labute approximate surface area is 200 Å². The second kappa shape index (κ2) is 12.9. The van der Waals surface area contributed by atoms with Crippen LogP contribution in [0.5, 0.6) is 11.5 Å². The van der Waals surface area contributed by atoms with Gasteiger partial charge in [0, 0.05) is 0 Å². The molecular formula is C26H36F2O6. The van der Waals surface area contributed by atoms with Gasteiger partial charge in [0.1, 0.15) is 23.7 Å². The third-order valence-corrected chi connectivity index (χ3v) is 6.60. The first-order valence-electron chi connectivity index (χ1n) is 12.3. The summed E-state index contributed by atoms with van der Waals surface area (Å²) in [7, 11) is 0. The molecule has 0 N–H and O–H groups in total. The zero-order valence-electron chi connectivity index (χ0n) is 20.0. The summed E-state index contributed by atoms with van der Waals surface area (Å²) in [5.41, 5.74) is 0. The normalized spacial score (nSPS) is 26.7. The summed E-state index contributed by atoms with van der Waals surface area (Å²) in [6, 6.07) is 7.55. The molecule has 0 bridgehead atoms. The molecule has 34 heavy (non-hydrogen) atoms. The van der Waals surface area contributed by atoms with Crippen LogP contribution in [-0.2, 0) is 19.1 Å². The Morgan fingerprint density at radius 1 is 0.706 bits per heavy atom. The summed E-state index contributed by atoms with van der Waals surface area (Å²) < 4.78 is 48.1. The molecule has 1 aromatic carbocycles. The maximum atomic E-state index is 13.0. The lowest BCUT2D eigenvalue weighted by molar-refractivity contribution is -0.157. The Bertz CT molecular complexity index is 701. The van der Waals surface area contributed by atoms with E-state index in [2.05, 4.69) is 0 Å². The molecule has 2 aliphatic carbocycles. The monoisotopic (exact) mass is 482 g/mol. The highest BCUT2D eigenvalue weighted by atomic mass is 19.1. The Kier molecular flexibility index (Phi) is 9.96. The fourth-order valence-electron chi connectivity index (χ4n) is 4.41. The molecule has 0 unspecified atom stereocenters. The highest BCUT2D eigenvalue weighted by Gasteiger charge is 2.27. The number of ether oxygens (including phenoxy) is 4. The highest BCUT2D eigenvalue weighted by molar-refractivity contribution is 5.74. The van der Waals surface area contributed by atoms with Crippen LogP contribution in [0.15, 0.2) is 24.3 Å². The number of hydrogen-bond donors (Lipinski definition) is 0. The quantitative estimate of drug-likeness (QED) is 0.418. The van der Waals surface area contributed by atoms with Crippen molar-refractivity contribution < 1.29 is 37.3 Å². The number of esters is 2.